The number of primary amides is 1. The smallest absolute Gasteiger partial charge is 0.321 e. The second-order valence-electron chi connectivity index (χ2n) is 10.0. The van der Waals surface area contributed by atoms with Crippen LogP contribution in [0.4, 0.5) is 10.5 Å². The summed E-state index contributed by atoms with van der Waals surface area (Å²) in [7, 11) is 0. The average Bonchev–Trinajstić information content (AvgIpc) is 3.56. The Morgan fingerprint density at radius 1 is 0.900 bits per heavy atom. The van der Waals surface area contributed by atoms with Crippen LogP contribution in [0.25, 0.3) is 49.4 Å². The fourth-order valence-electron chi connectivity index (χ4n) is 5.87. The van der Waals surface area contributed by atoms with Gasteiger partial charge in [0.15, 0.2) is 0 Å². The molecule has 6 aromatic rings. The lowest BCUT2D eigenvalue weighted by molar-refractivity contribution is 0.100. The van der Waals surface area contributed by atoms with Crippen molar-refractivity contribution < 1.29 is 9.59 Å². The number of benzene rings is 4. The van der Waals surface area contributed by atoms with Crippen molar-refractivity contribution in [2.75, 3.05) is 18.0 Å². The minimum absolute atomic E-state index is 0.0850. The van der Waals surface area contributed by atoms with E-state index in [4.69, 9.17) is 5.73 Å². The monoisotopic (exact) mass is 527 g/mol. The van der Waals surface area contributed by atoms with Crippen LogP contribution < -0.4 is 21.5 Å². The molecule has 0 radical (unpaired) electrons. The number of pyridine rings is 1. The quantitative estimate of drug-likeness (QED) is 0.292. The molecule has 40 heavy (non-hydrogen) atoms. The summed E-state index contributed by atoms with van der Waals surface area (Å²) >= 11 is 0. The summed E-state index contributed by atoms with van der Waals surface area (Å²) in [5.41, 5.74) is 11.8. The van der Waals surface area contributed by atoms with Crippen LogP contribution in [-0.4, -0.2) is 34.6 Å². The molecule has 3 amide bonds. The lowest BCUT2D eigenvalue weighted by Crippen LogP contribution is -2.27. The molecule has 0 unspecified atom stereocenters. The number of hydrogen-bond acceptors (Lipinski definition) is 3. The fourth-order valence-corrected chi connectivity index (χ4v) is 5.87. The molecule has 0 aliphatic carbocycles. The van der Waals surface area contributed by atoms with Gasteiger partial charge in [0.05, 0.1) is 16.8 Å². The number of nitrogens with one attached hydrogen (secondary N) is 2. The Hall–Kier alpha value is -5.37. The summed E-state index contributed by atoms with van der Waals surface area (Å²) in [5.74, 6) is -0.532. The largest absolute Gasteiger partial charge is 0.366 e. The van der Waals surface area contributed by atoms with E-state index in [1.54, 1.807) is 15.5 Å². The molecule has 0 spiro atoms. The third-order valence-electron chi connectivity index (χ3n) is 7.84. The van der Waals surface area contributed by atoms with E-state index in [0.717, 1.165) is 49.7 Å². The molecule has 1 fully saturated rings. The fraction of sp³-hybridized carbons (Fsp3) is 0.0938. The highest BCUT2D eigenvalue weighted by Gasteiger charge is 2.23. The Morgan fingerprint density at radius 3 is 2.55 bits per heavy atom. The normalized spacial score (nSPS) is 13.4. The van der Waals surface area contributed by atoms with Crippen LogP contribution in [0.15, 0.2) is 89.9 Å². The lowest BCUT2D eigenvalue weighted by Gasteiger charge is -2.16. The lowest BCUT2D eigenvalue weighted by atomic mass is 9.93. The van der Waals surface area contributed by atoms with Crippen LogP contribution in [0.3, 0.4) is 0 Å². The van der Waals surface area contributed by atoms with Gasteiger partial charge in [0.1, 0.15) is 0 Å². The molecule has 196 valence electrons. The number of carbonyl (C=O) groups is 2. The number of aromatic nitrogens is 2. The van der Waals surface area contributed by atoms with E-state index in [1.165, 1.54) is 0 Å². The molecule has 1 aliphatic heterocycles. The molecule has 2 aromatic heterocycles. The predicted octanol–water partition coefficient (Wildman–Crippen LogP) is 5.23. The first-order chi connectivity index (χ1) is 19.4. The molecule has 7 rings (SSSR count). The molecule has 4 aromatic carbocycles. The van der Waals surface area contributed by atoms with Crippen molar-refractivity contribution in [2.24, 2.45) is 5.73 Å². The molecular weight excluding hydrogens is 502 g/mol. The van der Waals surface area contributed by atoms with Crippen LogP contribution in [0.1, 0.15) is 15.9 Å². The number of amides is 3. The summed E-state index contributed by atoms with van der Waals surface area (Å²) in [6.07, 6.45) is 1.81. The van der Waals surface area contributed by atoms with Gasteiger partial charge in [-0.3, -0.25) is 19.1 Å². The molecule has 8 heteroatoms. The Morgan fingerprint density at radius 2 is 1.75 bits per heavy atom. The topological polar surface area (TPSA) is 113 Å². The van der Waals surface area contributed by atoms with Gasteiger partial charge in [-0.15, -0.1) is 0 Å². The van der Waals surface area contributed by atoms with Crippen molar-refractivity contribution in [1.29, 1.82) is 0 Å². The zero-order chi connectivity index (χ0) is 27.5. The third-order valence-corrected chi connectivity index (χ3v) is 7.84. The third kappa shape index (κ3) is 3.50. The summed E-state index contributed by atoms with van der Waals surface area (Å²) in [4.78, 5) is 43.2. The zero-order valence-electron chi connectivity index (χ0n) is 21.7. The highest BCUT2D eigenvalue weighted by molar-refractivity contribution is 6.20. The highest BCUT2D eigenvalue weighted by atomic mass is 16.2. The van der Waals surface area contributed by atoms with Crippen molar-refractivity contribution in [3.8, 4) is 16.8 Å². The SMILES string of the molecule is Cc1c(-c2ccc(C(N)=O)c3[nH]c4cc(N5CCNC5=O)ccc4c23)cccc1-n1ccc2ccccc2c1=O. The van der Waals surface area contributed by atoms with E-state index >= 15 is 0 Å². The molecule has 0 saturated carbocycles. The van der Waals surface area contributed by atoms with Crippen molar-refractivity contribution in [1.82, 2.24) is 14.9 Å². The van der Waals surface area contributed by atoms with Crippen LogP contribution >= 0.6 is 0 Å². The summed E-state index contributed by atoms with van der Waals surface area (Å²) in [6.45, 7) is 3.18. The maximum atomic E-state index is 13.4. The van der Waals surface area contributed by atoms with Crippen LogP contribution in [-0.2, 0) is 0 Å². The number of rotatable bonds is 4. The van der Waals surface area contributed by atoms with Gasteiger partial charge in [0, 0.05) is 46.6 Å². The number of fused-ring (bicyclic) bond motifs is 4. The minimum Gasteiger partial charge on any atom is -0.366 e. The first kappa shape index (κ1) is 23.7. The van der Waals surface area contributed by atoms with E-state index in [-0.39, 0.29) is 11.6 Å². The Bertz CT molecular complexity index is 2090. The summed E-state index contributed by atoms with van der Waals surface area (Å²) in [6, 6.07) is 24.7. The van der Waals surface area contributed by atoms with E-state index in [1.807, 2.05) is 85.9 Å². The Balaban J connectivity index is 1.46. The maximum Gasteiger partial charge on any atom is 0.321 e. The number of carbonyl (C=O) groups excluding carboxylic acids is 2. The van der Waals surface area contributed by atoms with Gasteiger partial charge in [-0.1, -0.05) is 42.5 Å². The number of hydrogen-bond donors (Lipinski definition) is 3. The second-order valence-corrected chi connectivity index (χ2v) is 10.0. The average molecular weight is 528 g/mol. The molecule has 0 atom stereocenters. The number of nitrogens with zero attached hydrogens (tertiary/aromatic N) is 2. The van der Waals surface area contributed by atoms with E-state index in [2.05, 4.69) is 10.3 Å². The number of anilines is 1. The van der Waals surface area contributed by atoms with Gasteiger partial charge < -0.3 is 16.0 Å². The number of urea groups is 1. The van der Waals surface area contributed by atoms with Crippen LogP contribution in [0.2, 0.25) is 0 Å². The van der Waals surface area contributed by atoms with E-state index in [0.29, 0.717) is 29.6 Å². The van der Waals surface area contributed by atoms with Gasteiger partial charge in [-0.2, -0.15) is 0 Å². The zero-order valence-corrected chi connectivity index (χ0v) is 21.7. The second kappa shape index (κ2) is 8.84. The van der Waals surface area contributed by atoms with Crippen molar-refractivity contribution in [3.05, 3.63) is 107 Å². The molecular formula is C32H25N5O3. The molecule has 4 N–H and O–H groups in total. The molecule has 1 saturated heterocycles. The molecule has 1 aliphatic rings. The summed E-state index contributed by atoms with van der Waals surface area (Å²) in [5, 5.41) is 6.14. The van der Waals surface area contributed by atoms with Gasteiger partial charge >= 0.3 is 6.03 Å². The predicted molar refractivity (Wildman–Crippen MR) is 158 cm³/mol. The highest BCUT2D eigenvalue weighted by Crippen LogP contribution is 2.39. The van der Waals surface area contributed by atoms with Gasteiger partial charge in [0.2, 0.25) is 0 Å². The van der Waals surface area contributed by atoms with Crippen molar-refractivity contribution >= 4 is 50.2 Å². The van der Waals surface area contributed by atoms with Gasteiger partial charge in [-0.05, 0) is 65.4 Å². The van der Waals surface area contributed by atoms with Crippen molar-refractivity contribution in [3.63, 3.8) is 0 Å². The number of aromatic amines is 1. The molecule has 3 heterocycles. The van der Waals surface area contributed by atoms with E-state index < -0.39 is 5.91 Å². The van der Waals surface area contributed by atoms with E-state index in [9.17, 15) is 14.4 Å². The summed E-state index contributed by atoms with van der Waals surface area (Å²) < 4.78 is 1.68. The van der Waals surface area contributed by atoms with Crippen molar-refractivity contribution in [2.45, 2.75) is 6.92 Å². The Labute approximate surface area is 228 Å². The van der Waals surface area contributed by atoms with Crippen LogP contribution in [0.5, 0.6) is 0 Å². The molecule has 0 bridgehead atoms. The first-order valence-electron chi connectivity index (χ1n) is 13.1. The number of H-pyrrole nitrogens is 1. The minimum atomic E-state index is -0.532. The van der Waals surface area contributed by atoms with Gasteiger partial charge in [-0.25, -0.2) is 4.79 Å². The number of nitrogens with two attached hydrogens (primary N) is 1. The standard InChI is InChI=1S/C32H25N5O3/c1-18-21(7-4-8-27(18)37-15-13-19-5-2-3-6-22(19)31(37)39)23-11-12-25(30(33)38)29-28(23)24-10-9-20(17-26(24)35-29)36-16-14-34-32(36)40/h2-13,15,17,35H,14,16H2,1H3,(H2,33,38)(H,34,40). The van der Waals surface area contributed by atoms with Gasteiger partial charge in [0.25, 0.3) is 11.5 Å². The maximum absolute atomic E-state index is 13.4. The Kier molecular flexibility index (Phi) is 5.25. The first-order valence-corrected chi connectivity index (χ1v) is 13.1. The molecule has 8 nitrogen and oxygen atoms in total. The van der Waals surface area contributed by atoms with Crippen LogP contribution in [0, 0.1) is 6.92 Å².